The summed E-state index contributed by atoms with van der Waals surface area (Å²) in [6.45, 7) is 4.34. The largest absolute Gasteiger partial charge is 0.400 e. The second-order valence-corrected chi connectivity index (χ2v) is 6.31. The van der Waals surface area contributed by atoms with E-state index in [0.29, 0.717) is 16.6 Å². The SMILES string of the molecule is CO.Cc1cc(-c2nc(Cl)cn2CC2CCOCC2)cn(C)c1=O. The Morgan fingerprint density at radius 1 is 1.33 bits per heavy atom. The number of halogens is 1. The molecule has 1 fully saturated rings. The highest BCUT2D eigenvalue weighted by molar-refractivity contribution is 6.29. The van der Waals surface area contributed by atoms with E-state index in [1.165, 1.54) is 0 Å². The van der Waals surface area contributed by atoms with Gasteiger partial charge in [0, 0.05) is 57.4 Å². The number of pyridine rings is 1. The predicted octanol–water partition coefficient (Wildman–Crippen LogP) is 2.25. The maximum atomic E-state index is 11.9. The van der Waals surface area contributed by atoms with Crippen molar-refractivity contribution in [2.75, 3.05) is 20.3 Å². The third kappa shape index (κ3) is 4.26. The molecule has 0 aromatic carbocycles. The lowest BCUT2D eigenvalue weighted by molar-refractivity contribution is 0.0614. The van der Waals surface area contributed by atoms with Crippen LogP contribution in [0.2, 0.25) is 5.15 Å². The van der Waals surface area contributed by atoms with E-state index in [1.807, 2.05) is 25.4 Å². The second kappa shape index (κ2) is 8.46. The number of imidazole rings is 1. The van der Waals surface area contributed by atoms with Gasteiger partial charge in [0.05, 0.1) is 0 Å². The molecule has 3 heterocycles. The first-order valence-electron chi connectivity index (χ1n) is 7.97. The van der Waals surface area contributed by atoms with Gasteiger partial charge in [-0.1, -0.05) is 11.6 Å². The fourth-order valence-electron chi connectivity index (χ4n) is 2.96. The summed E-state index contributed by atoms with van der Waals surface area (Å²) in [6.07, 6.45) is 5.80. The number of hydrogen-bond donors (Lipinski definition) is 1. The van der Waals surface area contributed by atoms with Gasteiger partial charge in [-0.3, -0.25) is 4.79 Å². The third-order valence-corrected chi connectivity index (χ3v) is 4.35. The second-order valence-electron chi connectivity index (χ2n) is 5.92. The molecule has 0 amide bonds. The Labute approximate surface area is 146 Å². The first kappa shape index (κ1) is 18.7. The van der Waals surface area contributed by atoms with Crippen molar-refractivity contribution in [3.63, 3.8) is 0 Å². The van der Waals surface area contributed by atoms with Crippen LogP contribution >= 0.6 is 11.6 Å². The number of aliphatic hydroxyl groups excluding tert-OH is 1. The van der Waals surface area contributed by atoms with Crippen LogP contribution in [0.3, 0.4) is 0 Å². The summed E-state index contributed by atoms with van der Waals surface area (Å²) >= 11 is 6.12. The number of aromatic nitrogens is 3. The molecule has 0 saturated carbocycles. The fraction of sp³-hybridized carbons (Fsp3) is 0.529. The highest BCUT2D eigenvalue weighted by Crippen LogP contribution is 2.25. The molecule has 2 aromatic rings. The van der Waals surface area contributed by atoms with Gasteiger partial charge in [0.1, 0.15) is 11.0 Å². The molecule has 0 atom stereocenters. The van der Waals surface area contributed by atoms with Crippen LogP contribution in [0.4, 0.5) is 0 Å². The van der Waals surface area contributed by atoms with Crippen LogP contribution in [0.15, 0.2) is 23.3 Å². The van der Waals surface area contributed by atoms with Gasteiger partial charge in [-0.2, -0.15) is 0 Å². The maximum absolute atomic E-state index is 11.9. The van der Waals surface area contributed by atoms with Crippen molar-refractivity contribution < 1.29 is 9.84 Å². The minimum Gasteiger partial charge on any atom is -0.400 e. The van der Waals surface area contributed by atoms with Crippen LogP contribution in [0.5, 0.6) is 0 Å². The predicted molar refractivity (Wildman–Crippen MR) is 94.3 cm³/mol. The highest BCUT2D eigenvalue weighted by Gasteiger charge is 2.18. The van der Waals surface area contributed by atoms with Gasteiger partial charge in [0.15, 0.2) is 0 Å². The van der Waals surface area contributed by atoms with E-state index in [2.05, 4.69) is 9.55 Å². The number of rotatable bonds is 3. The normalized spacial score (nSPS) is 15.0. The van der Waals surface area contributed by atoms with Crippen LogP contribution in [0, 0.1) is 12.8 Å². The summed E-state index contributed by atoms with van der Waals surface area (Å²) in [5.41, 5.74) is 1.63. The van der Waals surface area contributed by atoms with Gasteiger partial charge in [0.2, 0.25) is 0 Å². The minimum atomic E-state index is 0.0115. The van der Waals surface area contributed by atoms with Gasteiger partial charge >= 0.3 is 0 Å². The fourth-order valence-corrected chi connectivity index (χ4v) is 3.16. The van der Waals surface area contributed by atoms with E-state index in [9.17, 15) is 4.79 Å². The number of aryl methyl sites for hydroxylation is 2. The summed E-state index contributed by atoms with van der Waals surface area (Å²) in [5.74, 6) is 1.39. The zero-order valence-electron chi connectivity index (χ0n) is 14.3. The molecule has 6 nitrogen and oxygen atoms in total. The van der Waals surface area contributed by atoms with Gasteiger partial charge < -0.3 is 19.0 Å². The number of aliphatic hydroxyl groups is 1. The summed E-state index contributed by atoms with van der Waals surface area (Å²) in [5, 5.41) is 7.48. The lowest BCUT2D eigenvalue weighted by atomic mass is 10.0. The van der Waals surface area contributed by atoms with E-state index in [-0.39, 0.29) is 5.56 Å². The quantitative estimate of drug-likeness (QED) is 0.918. The number of ether oxygens (including phenoxy) is 1. The Kier molecular flexibility index (Phi) is 6.60. The molecule has 24 heavy (non-hydrogen) atoms. The molecule has 132 valence electrons. The highest BCUT2D eigenvalue weighted by atomic mass is 35.5. The first-order chi connectivity index (χ1) is 11.5. The van der Waals surface area contributed by atoms with Crippen molar-refractivity contribution in [1.29, 1.82) is 0 Å². The Morgan fingerprint density at radius 2 is 2.00 bits per heavy atom. The van der Waals surface area contributed by atoms with Crippen molar-refractivity contribution in [3.8, 4) is 11.4 Å². The topological polar surface area (TPSA) is 69.3 Å². The molecule has 0 bridgehead atoms. The van der Waals surface area contributed by atoms with E-state index < -0.39 is 0 Å². The van der Waals surface area contributed by atoms with Gasteiger partial charge in [-0.25, -0.2) is 4.98 Å². The van der Waals surface area contributed by atoms with Crippen LogP contribution in [0.1, 0.15) is 18.4 Å². The Morgan fingerprint density at radius 3 is 2.62 bits per heavy atom. The molecule has 1 aliphatic rings. The molecule has 1 aliphatic heterocycles. The summed E-state index contributed by atoms with van der Waals surface area (Å²) in [6, 6.07) is 1.88. The zero-order valence-corrected chi connectivity index (χ0v) is 15.1. The van der Waals surface area contributed by atoms with Crippen molar-refractivity contribution in [2.24, 2.45) is 13.0 Å². The van der Waals surface area contributed by atoms with E-state index in [1.54, 1.807) is 11.6 Å². The van der Waals surface area contributed by atoms with Crippen LogP contribution < -0.4 is 5.56 Å². The van der Waals surface area contributed by atoms with Crippen molar-refractivity contribution >= 4 is 11.6 Å². The molecule has 0 spiro atoms. The van der Waals surface area contributed by atoms with Crippen LogP contribution in [0.25, 0.3) is 11.4 Å². The Bertz CT molecular complexity index is 707. The monoisotopic (exact) mass is 353 g/mol. The molecule has 2 aromatic heterocycles. The lowest BCUT2D eigenvalue weighted by Gasteiger charge is -2.23. The number of hydrogen-bond acceptors (Lipinski definition) is 4. The summed E-state index contributed by atoms with van der Waals surface area (Å²) in [7, 11) is 2.76. The van der Waals surface area contributed by atoms with Crippen molar-refractivity contribution in [2.45, 2.75) is 26.3 Å². The van der Waals surface area contributed by atoms with Crippen LogP contribution in [-0.4, -0.2) is 39.5 Å². The maximum Gasteiger partial charge on any atom is 0.253 e. The molecule has 1 saturated heterocycles. The first-order valence-corrected chi connectivity index (χ1v) is 8.35. The van der Waals surface area contributed by atoms with Crippen molar-refractivity contribution in [3.05, 3.63) is 39.5 Å². The van der Waals surface area contributed by atoms with E-state index >= 15 is 0 Å². The average Bonchev–Trinajstić information content (AvgIpc) is 2.95. The third-order valence-electron chi connectivity index (χ3n) is 4.16. The Hall–Kier alpha value is -1.63. The molecular formula is C17H24ClN3O3. The van der Waals surface area contributed by atoms with Gasteiger partial charge in [0.25, 0.3) is 5.56 Å². The lowest BCUT2D eigenvalue weighted by Crippen LogP contribution is -2.21. The number of nitrogens with zero attached hydrogens (tertiary/aromatic N) is 3. The molecule has 1 N–H and O–H groups in total. The van der Waals surface area contributed by atoms with E-state index in [4.69, 9.17) is 21.4 Å². The molecule has 7 heteroatoms. The summed E-state index contributed by atoms with van der Waals surface area (Å²) in [4.78, 5) is 16.3. The van der Waals surface area contributed by atoms with Gasteiger partial charge in [-0.05, 0) is 31.7 Å². The summed E-state index contributed by atoms with van der Waals surface area (Å²) < 4.78 is 9.10. The molecule has 0 radical (unpaired) electrons. The smallest absolute Gasteiger partial charge is 0.253 e. The minimum absolute atomic E-state index is 0.0115. The molecule has 0 unspecified atom stereocenters. The Balaban J connectivity index is 0.00000100. The standard InChI is InChI=1S/C16H20ClN3O2.CH4O/c1-11-7-13(9-19(2)16(11)21)15-18-14(17)10-20(15)8-12-3-5-22-6-4-12;1-2/h7,9-10,12H,3-6,8H2,1-2H3;2H,1H3. The van der Waals surface area contributed by atoms with Crippen molar-refractivity contribution in [1.82, 2.24) is 14.1 Å². The zero-order chi connectivity index (χ0) is 17.7. The molecule has 3 rings (SSSR count). The van der Waals surface area contributed by atoms with Gasteiger partial charge in [-0.15, -0.1) is 0 Å². The average molecular weight is 354 g/mol. The molecule has 0 aliphatic carbocycles. The molecular weight excluding hydrogens is 330 g/mol. The van der Waals surface area contributed by atoms with E-state index in [0.717, 1.165) is 51.1 Å². The van der Waals surface area contributed by atoms with Crippen LogP contribution in [-0.2, 0) is 18.3 Å².